The van der Waals surface area contributed by atoms with Crippen molar-refractivity contribution in [1.82, 2.24) is 0 Å². The zero-order valence-corrected chi connectivity index (χ0v) is 14.4. The molecule has 0 radical (unpaired) electrons. The first-order chi connectivity index (χ1) is 9.31. The van der Waals surface area contributed by atoms with Crippen molar-refractivity contribution >= 4 is 0 Å². The van der Waals surface area contributed by atoms with Gasteiger partial charge < -0.3 is 0 Å². The molecule has 2 saturated carbocycles. The molecule has 0 aliphatic heterocycles. The fourth-order valence-electron chi connectivity index (χ4n) is 5.17. The SMILES string of the molecule is C=C1CCC2C(C)(C)CCCC2(C)C1C/C=C(/C)CC. The van der Waals surface area contributed by atoms with Crippen molar-refractivity contribution in [2.24, 2.45) is 22.7 Å². The summed E-state index contributed by atoms with van der Waals surface area (Å²) in [6.45, 7) is 16.6. The van der Waals surface area contributed by atoms with E-state index in [0.29, 0.717) is 16.7 Å². The average Bonchev–Trinajstić information content (AvgIpc) is 2.36. The number of fused-ring (bicyclic) bond motifs is 1. The van der Waals surface area contributed by atoms with Crippen LogP contribution in [0, 0.1) is 22.7 Å². The molecule has 2 aliphatic rings. The Bertz CT molecular complexity index is 398. The molecule has 2 rings (SSSR count). The molecule has 3 atom stereocenters. The van der Waals surface area contributed by atoms with Crippen molar-refractivity contribution in [3.05, 3.63) is 23.8 Å². The summed E-state index contributed by atoms with van der Waals surface area (Å²) in [5.74, 6) is 1.59. The monoisotopic (exact) mass is 274 g/mol. The van der Waals surface area contributed by atoms with Crippen molar-refractivity contribution < 1.29 is 0 Å². The smallest absolute Gasteiger partial charge is 0.0114 e. The van der Waals surface area contributed by atoms with Crippen LogP contribution in [-0.2, 0) is 0 Å². The molecule has 0 saturated heterocycles. The second-order valence-electron chi connectivity index (χ2n) is 8.29. The maximum absolute atomic E-state index is 4.45. The van der Waals surface area contributed by atoms with E-state index in [9.17, 15) is 0 Å². The lowest BCUT2D eigenvalue weighted by molar-refractivity contribution is -0.0510. The third-order valence-electron chi connectivity index (χ3n) is 6.58. The highest BCUT2D eigenvalue weighted by atomic mass is 14.6. The van der Waals surface area contributed by atoms with E-state index in [1.165, 1.54) is 50.5 Å². The summed E-state index contributed by atoms with van der Waals surface area (Å²) in [4.78, 5) is 0. The Morgan fingerprint density at radius 3 is 2.65 bits per heavy atom. The summed E-state index contributed by atoms with van der Waals surface area (Å²) >= 11 is 0. The van der Waals surface area contributed by atoms with Gasteiger partial charge in [0.15, 0.2) is 0 Å². The zero-order chi connectivity index (χ0) is 15.0. The van der Waals surface area contributed by atoms with Crippen LogP contribution in [0.15, 0.2) is 23.8 Å². The highest BCUT2D eigenvalue weighted by Gasteiger charge is 2.52. The summed E-state index contributed by atoms with van der Waals surface area (Å²) in [6.07, 6.45) is 11.8. The topological polar surface area (TPSA) is 0 Å². The van der Waals surface area contributed by atoms with E-state index < -0.39 is 0 Å². The molecule has 0 aromatic rings. The van der Waals surface area contributed by atoms with Crippen LogP contribution < -0.4 is 0 Å². The Balaban J connectivity index is 2.26. The first kappa shape index (κ1) is 15.9. The van der Waals surface area contributed by atoms with Crippen LogP contribution in [0.25, 0.3) is 0 Å². The predicted octanol–water partition coefficient (Wildman–Crippen LogP) is 6.53. The van der Waals surface area contributed by atoms with Crippen LogP contribution in [0.5, 0.6) is 0 Å². The van der Waals surface area contributed by atoms with Gasteiger partial charge in [-0.25, -0.2) is 0 Å². The minimum absolute atomic E-state index is 0.488. The molecule has 0 nitrogen and oxygen atoms in total. The van der Waals surface area contributed by atoms with Gasteiger partial charge in [0, 0.05) is 0 Å². The molecule has 3 unspecified atom stereocenters. The molecule has 0 aromatic heterocycles. The second-order valence-corrected chi connectivity index (χ2v) is 8.29. The quantitative estimate of drug-likeness (QED) is 0.513. The Labute approximate surface area is 126 Å². The van der Waals surface area contributed by atoms with E-state index >= 15 is 0 Å². The van der Waals surface area contributed by atoms with E-state index in [-0.39, 0.29) is 0 Å². The van der Waals surface area contributed by atoms with Crippen LogP contribution in [0.4, 0.5) is 0 Å². The molecule has 0 N–H and O–H groups in total. The van der Waals surface area contributed by atoms with Crippen LogP contribution in [0.2, 0.25) is 0 Å². The maximum atomic E-state index is 4.45. The van der Waals surface area contributed by atoms with Crippen LogP contribution in [-0.4, -0.2) is 0 Å². The van der Waals surface area contributed by atoms with Gasteiger partial charge in [-0.1, -0.05) is 57.9 Å². The van der Waals surface area contributed by atoms with Gasteiger partial charge in [0.05, 0.1) is 0 Å². The minimum atomic E-state index is 0.488. The van der Waals surface area contributed by atoms with Crippen LogP contribution in [0.1, 0.15) is 79.6 Å². The van der Waals surface area contributed by atoms with E-state index in [1.54, 1.807) is 5.57 Å². The fraction of sp³-hybridized carbons (Fsp3) is 0.800. The molecule has 0 spiro atoms. The average molecular weight is 274 g/mol. The molecular formula is C20H34. The van der Waals surface area contributed by atoms with E-state index in [2.05, 4.69) is 47.3 Å². The normalized spacial score (nSPS) is 37.6. The van der Waals surface area contributed by atoms with Crippen molar-refractivity contribution in [2.45, 2.75) is 79.6 Å². The highest BCUT2D eigenvalue weighted by Crippen LogP contribution is 2.61. The third kappa shape index (κ3) is 2.76. The molecule has 0 bridgehead atoms. The van der Waals surface area contributed by atoms with Gasteiger partial charge in [0.1, 0.15) is 0 Å². The number of rotatable bonds is 3. The first-order valence-corrected chi connectivity index (χ1v) is 8.64. The fourth-order valence-corrected chi connectivity index (χ4v) is 5.17. The molecule has 0 heterocycles. The standard InChI is InChI=1S/C20H34/c1-7-15(2)9-11-17-16(3)10-12-18-19(4,5)13-8-14-20(17,18)6/h9,17-18H,3,7-8,10-14H2,1-2,4-6H3/b15-9-. The van der Waals surface area contributed by atoms with Crippen LogP contribution in [0.3, 0.4) is 0 Å². The highest BCUT2D eigenvalue weighted by molar-refractivity contribution is 5.17. The number of allylic oxidation sites excluding steroid dienone is 3. The molecule has 0 heteroatoms. The largest absolute Gasteiger partial charge is 0.0995 e. The summed E-state index contributed by atoms with van der Waals surface area (Å²) in [5.41, 5.74) is 4.08. The van der Waals surface area contributed by atoms with Gasteiger partial charge >= 0.3 is 0 Å². The van der Waals surface area contributed by atoms with Crippen molar-refractivity contribution in [3.63, 3.8) is 0 Å². The lowest BCUT2D eigenvalue weighted by atomic mass is 9.47. The van der Waals surface area contributed by atoms with Crippen molar-refractivity contribution in [3.8, 4) is 0 Å². The summed E-state index contributed by atoms with van der Waals surface area (Å²) in [5, 5.41) is 0. The summed E-state index contributed by atoms with van der Waals surface area (Å²) in [7, 11) is 0. The predicted molar refractivity (Wildman–Crippen MR) is 89.8 cm³/mol. The molecule has 2 aliphatic carbocycles. The first-order valence-electron chi connectivity index (χ1n) is 8.64. The molecule has 0 aromatic carbocycles. The Morgan fingerprint density at radius 1 is 1.30 bits per heavy atom. The van der Waals surface area contributed by atoms with E-state index in [4.69, 9.17) is 0 Å². The Morgan fingerprint density at radius 2 is 2.00 bits per heavy atom. The van der Waals surface area contributed by atoms with Crippen molar-refractivity contribution in [2.75, 3.05) is 0 Å². The Hall–Kier alpha value is -0.520. The van der Waals surface area contributed by atoms with Gasteiger partial charge in [0.2, 0.25) is 0 Å². The summed E-state index contributed by atoms with van der Waals surface area (Å²) in [6, 6.07) is 0. The molecule has 114 valence electrons. The lowest BCUT2D eigenvalue weighted by Gasteiger charge is -2.58. The second kappa shape index (κ2) is 5.70. The van der Waals surface area contributed by atoms with Crippen molar-refractivity contribution in [1.29, 1.82) is 0 Å². The maximum Gasteiger partial charge on any atom is -0.0114 e. The van der Waals surface area contributed by atoms with Gasteiger partial charge in [0.25, 0.3) is 0 Å². The molecule has 2 fully saturated rings. The lowest BCUT2D eigenvalue weighted by Crippen LogP contribution is -2.49. The molecular weight excluding hydrogens is 240 g/mol. The van der Waals surface area contributed by atoms with Gasteiger partial charge in [-0.2, -0.15) is 0 Å². The van der Waals surface area contributed by atoms with Gasteiger partial charge in [-0.15, -0.1) is 0 Å². The molecule has 20 heavy (non-hydrogen) atoms. The molecule has 0 amide bonds. The van der Waals surface area contributed by atoms with E-state index in [1.807, 2.05) is 0 Å². The summed E-state index contributed by atoms with van der Waals surface area (Å²) < 4.78 is 0. The van der Waals surface area contributed by atoms with Gasteiger partial charge in [-0.3, -0.25) is 0 Å². The number of hydrogen-bond donors (Lipinski definition) is 0. The van der Waals surface area contributed by atoms with E-state index in [0.717, 1.165) is 5.92 Å². The number of hydrogen-bond acceptors (Lipinski definition) is 0. The Kier molecular flexibility index (Phi) is 4.52. The zero-order valence-electron chi connectivity index (χ0n) is 14.4. The van der Waals surface area contributed by atoms with Crippen LogP contribution >= 0.6 is 0 Å². The minimum Gasteiger partial charge on any atom is -0.0995 e. The third-order valence-corrected chi connectivity index (χ3v) is 6.58. The van der Waals surface area contributed by atoms with Gasteiger partial charge in [-0.05, 0) is 68.1 Å².